The number of phenolic OH excluding ortho intramolecular Hbond substituents is 1. The summed E-state index contributed by atoms with van der Waals surface area (Å²) in [6, 6.07) is 16.6. The molecular weight excluding hydrogens is 238 g/mol. The van der Waals surface area contributed by atoms with Gasteiger partial charge in [-0.2, -0.15) is 5.26 Å². The van der Waals surface area contributed by atoms with E-state index in [0.717, 1.165) is 11.1 Å². The Morgan fingerprint density at radius 2 is 1.95 bits per heavy atom. The summed E-state index contributed by atoms with van der Waals surface area (Å²) >= 11 is 0. The average Bonchev–Trinajstić information content (AvgIpc) is 2.47. The molecule has 0 heterocycles. The maximum Gasteiger partial charge on any atom is 0.161 e. The summed E-state index contributed by atoms with van der Waals surface area (Å²) in [7, 11) is 1.49. The number of rotatable bonds is 3. The number of phenols is 1. The van der Waals surface area contributed by atoms with E-state index in [9.17, 15) is 10.4 Å². The molecule has 2 rings (SSSR count). The number of methoxy groups -OCH3 is 1. The Balaban J connectivity index is 2.42. The zero-order valence-corrected chi connectivity index (χ0v) is 10.5. The highest BCUT2D eigenvalue weighted by atomic mass is 16.5. The summed E-state index contributed by atoms with van der Waals surface area (Å²) in [6.45, 7) is 0. The van der Waals surface area contributed by atoms with E-state index in [2.05, 4.69) is 6.07 Å². The van der Waals surface area contributed by atoms with Crippen LogP contribution in [0.25, 0.3) is 11.6 Å². The Hall–Kier alpha value is -2.73. The third-order valence-corrected chi connectivity index (χ3v) is 2.72. The molecule has 0 bridgehead atoms. The molecule has 0 fully saturated rings. The average molecular weight is 251 g/mol. The van der Waals surface area contributed by atoms with Gasteiger partial charge in [-0.15, -0.1) is 0 Å². The van der Waals surface area contributed by atoms with Gasteiger partial charge in [0.05, 0.1) is 18.8 Å². The molecule has 0 saturated carbocycles. The van der Waals surface area contributed by atoms with Crippen molar-refractivity contribution < 1.29 is 9.84 Å². The van der Waals surface area contributed by atoms with Gasteiger partial charge in [0.25, 0.3) is 0 Å². The maximum atomic E-state index is 9.53. The monoisotopic (exact) mass is 251 g/mol. The lowest BCUT2D eigenvalue weighted by Crippen LogP contribution is -1.85. The highest BCUT2D eigenvalue weighted by Gasteiger charge is 2.04. The van der Waals surface area contributed by atoms with E-state index in [1.54, 1.807) is 24.3 Å². The minimum Gasteiger partial charge on any atom is -0.504 e. The maximum absolute atomic E-state index is 9.53. The molecule has 2 aromatic rings. The molecule has 94 valence electrons. The Labute approximate surface area is 112 Å². The first-order valence-corrected chi connectivity index (χ1v) is 5.79. The van der Waals surface area contributed by atoms with Crippen LogP contribution < -0.4 is 4.74 Å². The van der Waals surface area contributed by atoms with E-state index >= 15 is 0 Å². The van der Waals surface area contributed by atoms with E-state index in [4.69, 9.17) is 4.74 Å². The van der Waals surface area contributed by atoms with E-state index in [1.165, 1.54) is 7.11 Å². The highest BCUT2D eigenvalue weighted by Crippen LogP contribution is 2.28. The van der Waals surface area contributed by atoms with Gasteiger partial charge in [0.15, 0.2) is 11.5 Å². The molecule has 0 atom stereocenters. The Bertz CT molecular complexity index is 640. The topological polar surface area (TPSA) is 53.2 Å². The van der Waals surface area contributed by atoms with Gasteiger partial charge in [-0.1, -0.05) is 36.4 Å². The normalized spacial score (nSPS) is 10.8. The van der Waals surface area contributed by atoms with E-state index < -0.39 is 0 Å². The molecule has 19 heavy (non-hydrogen) atoms. The third kappa shape index (κ3) is 2.93. The first-order chi connectivity index (χ1) is 9.24. The molecule has 3 heteroatoms. The summed E-state index contributed by atoms with van der Waals surface area (Å²) in [5.74, 6) is 0.469. The van der Waals surface area contributed by atoms with Crippen LogP contribution in [0.3, 0.4) is 0 Å². The van der Waals surface area contributed by atoms with Crippen molar-refractivity contribution in [2.75, 3.05) is 7.11 Å². The Kier molecular flexibility index (Phi) is 3.84. The first-order valence-electron chi connectivity index (χ1n) is 5.79. The largest absolute Gasteiger partial charge is 0.504 e. The SMILES string of the molecule is COc1cc(/C=C(/C#N)c2ccccc2)ccc1O. The number of benzene rings is 2. The van der Waals surface area contributed by atoms with Crippen molar-refractivity contribution in [3.63, 3.8) is 0 Å². The zero-order valence-electron chi connectivity index (χ0n) is 10.5. The van der Waals surface area contributed by atoms with Crippen LogP contribution in [0.1, 0.15) is 11.1 Å². The number of nitrogens with zero attached hydrogens (tertiary/aromatic N) is 1. The fourth-order valence-electron chi connectivity index (χ4n) is 1.75. The summed E-state index contributed by atoms with van der Waals surface area (Å²) in [5.41, 5.74) is 2.22. The molecule has 0 spiro atoms. The van der Waals surface area contributed by atoms with Gasteiger partial charge in [-0.25, -0.2) is 0 Å². The smallest absolute Gasteiger partial charge is 0.161 e. The van der Waals surface area contributed by atoms with Crippen molar-refractivity contribution >= 4 is 11.6 Å². The van der Waals surface area contributed by atoms with Crippen LogP contribution in [0.2, 0.25) is 0 Å². The molecule has 0 unspecified atom stereocenters. The zero-order chi connectivity index (χ0) is 13.7. The van der Waals surface area contributed by atoms with Crippen molar-refractivity contribution in [2.24, 2.45) is 0 Å². The number of hydrogen-bond donors (Lipinski definition) is 1. The molecule has 3 nitrogen and oxygen atoms in total. The highest BCUT2D eigenvalue weighted by molar-refractivity contribution is 5.89. The van der Waals surface area contributed by atoms with Gasteiger partial charge < -0.3 is 9.84 Å². The Morgan fingerprint density at radius 1 is 1.21 bits per heavy atom. The van der Waals surface area contributed by atoms with Gasteiger partial charge in [0.2, 0.25) is 0 Å². The van der Waals surface area contributed by atoms with Gasteiger partial charge in [-0.3, -0.25) is 0 Å². The second-order valence-electron chi connectivity index (χ2n) is 3.97. The predicted octanol–water partition coefficient (Wildman–Crippen LogP) is 3.46. The van der Waals surface area contributed by atoms with Crippen LogP contribution in [-0.4, -0.2) is 12.2 Å². The molecule has 0 aliphatic heterocycles. The molecule has 0 aromatic heterocycles. The molecule has 0 radical (unpaired) electrons. The molecule has 2 aromatic carbocycles. The van der Waals surface area contributed by atoms with E-state index in [1.807, 2.05) is 30.3 Å². The number of allylic oxidation sites excluding steroid dienone is 1. The fraction of sp³-hybridized carbons (Fsp3) is 0.0625. The lowest BCUT2D eigenvalue weighted by atomic mass is 10.0. The van der Waals surface area contributed by atoms with Gasteiger partial charge in [0.1, 0.15) is 0 Å². The lowest BCUT2D eigenvalue weighted by molar-refractivity contribution is 0.373. The molecule has 0 saturated heterocycles. The van der Waals surface area contributed by atoms with Crippen LogP contribution in [0.5, 0.6) is 11.5 Å². The Morgan fingerprint density at radius 3 is 2.58 bits per heavy atom. The molecular formula is C16H13NO2. The lowest BCUT2D eigenvalue weighted by Gasteiger charge is -2.04. The molecule has 0 aliphatic carbocycles. The summed E-state index contributed by atoms with van der Waals surface area (Å²) in [4.78, 5) is 0. The molecule has 1 N–H and O–H groups in total. The van der Waals surface area contributed by atoms with E-state index in [-0.39, 0.29) is 5.75 Å². The number of aromatic hydroxyl groups is 1. The van der Waals surface area contributed by atoms with Crippen LogP contribution in [0, 0.1) is 11.3 Å². The minimum atomic E-state index is 0.0814. The van der Waals surface area contributed by atoms with Crippen molar-refractivity contribution in [3.8, 4) is 17.6 Å². The summed E-state index contributed by atoms with van der Waals surface area (Å²) in [6.07, 6.45) is 1.76. The van der Waals surface area contributed by atoms with E-state index in [0.29, 0.717) is 11.3 Å². The van der Waals surface area contributed by atoms with Crippen molar-refractivity contribution in [1.29, 1.82) is 5.26 Å². The van der Waals surface area contributed by atoms with Gasteiger partial charge >= 0.3 is 0 Å². The molecule has 0 amide bonds. The van der Waals surface area contributed by atoms with Gasteiger partial charge in [-0.05, 0) is 29.3 Å². The van der Waals surface area contributed by atoms with Crippen molar-refractivity contribution in [2.45, 2.75) is 0 Å². The van der Waals surface area contributed by atoms with Crippen LogP contribution in [0.4, 0.5) is 0 Å². The van der Waals surface area contributed by atoms with Crippen LogP contribution in [0.15, 0.2) is 48.5 Å². The number of ether oxygens (including phenoxy) is 1. The predicted molar refractivity (Wildman–Crippen MR) is 74.6 cm³/mol. The summed E-state index contributed by atoms with van der Waals surface area (Å²) in [5, 5.41) is 18.8. The number of nitriles is 1. The van der Waals surface area contributed by atoms with Gasteiger partial charge in [0, 0.05) is 0 Å². The standard InChI is InChI=1S/C16H13NO2/c1-19-16-10-12(7-8-15(16)18)9-14(11-17)13-5-3-2-4-6-13/h2-10,18H,1H3/b14-9-. The van der Waals surface area contributed by atoms with Crippen LogP contribution in [-0.2, 0) is 0 Å². The molecule has 0 aliphatic rings. The van der Waals surface area contributed by atoms with Crippen LogP contribution >= 0.6 is 0 Å². The van der Waals surface area contributed by atoms with Crippen molar-refractivity contribution in [1.82, 2.24) is 0 Å². The fourth-order valence-corrected chi connectivity index (χ4v) is 1.75. The third-order valence-electron chi connectivity index (χ3n) is 2.72. The van der Waals surface area contributed by atoms with Crippen molar-refractivity contribution in [3.05, 3.63) is 59.7 Å². The second kappa shape index (κ2) is 5.74. The quantitative estimate of drug-likeness (QED) is 0.671. The second-order valence-corrected chi connectivity index (χ2v) is 3.97. The minimum absolute atomic E-state index is 0.0814. The first kappa shape index (κ1) is 12.7. The number of hydrogen-bond acceptors (Lipinski definition) is 3. The summed E-state index contributed by atoms with van der Waals surface area (Å²) < 4.78 is 5.04.